The fraction of sp³-hybridized carbons (Fsp3) is 0.474. The van der Waals surface area contributed by atoms with Crippen LogP contribution in [-0.4, -0.2) is 43.4 Å². The molecule has 1 aromatic carbocycles. The van der Waals surface area contributed by atoms with E-state index >= 15 is 0 Å². The maximum absolute atomic E-state index is 13.2. The van der Waals surface area contributed by atoms with E-state index in [1.807, 2.05) is 6.07 Å². The van der Waals surface area contributed by atoms with Gasteiger partial charge in [-0.15, -0.1) is 0 Å². The number of carbonyl (C=O) groups excluding carboxylic acids is 1. The number of nitrogens with one attached hydrogen (secondary N) is 1. The van der Waals surface area contributed by atoms with E-state index in [1.54, 1.807) is 19.9 Å². The number of hydrogen-bond donors (Lipinski definition) is 1. The average Bonchev–Trinajstić information content (AvgIpc) is 3.01. The van der Waals surface area contributed by atoms with Crippen molar-refractivity contribution in [1.82, 2.24) is 14.8 Å². The first kappa shape index (κ1) is 20.5. The first-order valence-electron chi connectivity index (χ1n) is 9.24. The molecule has 1 N–H and O–H groups in total. The topological polar surface area (TPSA) is 92.5 Å². The smallest absolute Gasteiger partial charge is 0.248 e. The standard InChI is InChI=1S/C19H24FN3O4S/c1-13-18(14(2)27-22-13)28(25,26)23-10-7-16(8-11-23)19(24)21-9-6-15-4-3-5-17(20)12-15/h3-5,12,16H,6-11H2,1-2H3,(H,21,24). The zero-order valence-electron chi connectivity index (χ0n) is 15.9. The number of piperidine rings is 1. The van der Waals surface area contributed by atoms with Crippen LogP contribution in [0.3, 0.4) is 0 Å². The van der Waals surface area contributed by atoms with Gasteiger partial charge in [-0.25, -0.2) is 12.8 Å². The minimum Gasteiger partial charge on any atom is -0.360 e. The van der Waals surface area contributed by atoms with Crippen LogP contribution >= 0.6 is 0 Å². The summed E-state index contributed by atoms with van der Waals surface area (Å²) in [6.07, 6.45) is 1.45. The van der Waals surface area contributed by atoms with Gasteiger partial charge in [0.1, 0.15) is 16.4 Å². The third-order valence-electron chi connectivity index (χ3n) is 4.99. The lowest BCUT2D eigenvalue weighted by Crippen LogP contribution is -2.43. The van der Waals surface area contributed by atoms with Crippen molar-refractivity contribution in [3.05, 3.63) is 47.1 Å². The van der Waals surface area contributed by atoms with E-state index in [1.165, 1.54) is 16.4 Å². The summed E-state index contributed by atoms with van der Waals surface area (Å²) < 4.78 is 45.2. The van der Waals surface area contributed by atoms with Crippen LogP contribution < -0.4 is 5.32 Å². The van der Waals surface area contributed by atoms with Crippen molar-refractivity contribution >= 4 is 15.9 Å². The summed E-state index contributed by atoms with van der Waals surface area (Å²) in [5, 5.41) is 6.58. The third kappa shape index (κ3) is 4.41. The number of nitrogens with zero attached hydrogens (tertiary/aromatic N) is 2. The summed E-state index contributed by atoms with van der Waals surface area (Å²) in [6.45, 7) is 4.14. The number of amides is 1. The predicted octanol–water partition coefficient (Wildman–Crippen LogP) is 2.19. The second-order valence-corrected chi connectivity index (χ2v) is 8.88. The van der Waals surface area contributed by atoms with Crippen molar-refractivity contribution in [2.24, 2.45) is 5.92 Å². The number of rotatable bonds is 6. The number of aryl methyl sites for hydroxylation is 2. The lowest BCUT2D eigenvalue weighted by Gasteiger charge is -2.30. The van der Waals surface area contributed by atoms with Crippen molar-refractivity contribution < 1.29 is 22.1 Å². The van der Waals surface area contributed by atoms with E-state index in [0.717, 1.165) is 5.56 Å². The highest BCUT2D eigenvalue weighted by atomic mass is 32.2. The second-order valence-electron chi connectivity index (χ2n) is 7.00. The molecule has 1 aliphatic heterocycles. The Morgan fingerprint density at radius 1 is 1.32 bits per heavy atom. The molecule has 0 unspecified atom stereocenters. The van der Waals surface area contributed by atoms with E-state index in [4.69, 9.17) is 4.52 Å². The van der Waals surface area contributed by atoms with E-state index in [2.05, 4.69) is 10.5 Å². The van der Waals surface area contributed by atoms with Gasteiger partial charge in [-0.2, -0.15) is 4.31 Å². The summed E-state index contributed by atoms with van der Waals surface area (Å²) in [5.74, 6) is -0.347. The van der Waals surface area contributed by atoms with Gasteiger partial charge < -0.3 is 9.84 Å². The van der Waals surface area contributed by atoms with Crippen LogP contribution in [0.4, 0.5) is 4.39 Å². The van der Waals surface area contributed by atoms with Gasteiger partial charge in [0.15, 0.2) is 5.76 Å². The van der Waals surface area contributed by atoms with Gasteiger partial charge in [0, 0.05) is 25.6 Å². The van der Waals surface area contributed by atoms with Crippen LogP contribution in [-0.2, 0) is 21.2 Å². The number of carbonyl (C=O) groups is 1. The number of benzene rings is 1. The summed E-state index contributed by atoms with van der Waals surface area (Å²) in [6, 6.07) is 6.28. The molecular formula is C19H24FN3O4S. The van der Waals surface area contributed by atoms with Crippen LogP contribution in [0.5, 0.6) is 0 Å². The first-order valence-corrected chi connectivity index (χ1v) is 10.7. The number of sulfonamides is 1. The summed E-state index contributed by atoms with van der Waals surface area (Å²) in [4.78, 5) is 12.5. The summed E-state index contributed by atoms with van der Waals surface area (Å²) in [5.41, 5.74) is 1.16. The zero-order valence-corrected chi connectivity index (χ0v) is 16.8. The van der Waals surface area contributed by atoms with Gasteiger partial charge in [-0.1, -0.05) is 17.3 Å². The van der Waals surface area contributed by atoms with Gasteiger partial charge in [0.2, 0.25) is 15.9 Å². The molecular weight excluding hydrogens is 385 g/mol. The Labute approximate surface area is 163 Å². The predicted molar refractivity (Wildman–Crippen MR) is 101 cm³/mol. The number of hydrogen-bond acceptors (Lipinski definition) is 5. The Morgan fingerprint density at radius 3 is 2.64 bits per heavy atom. The Morgan fingerprint density at radius 2 is 2.04 bits per heavy atom. The van der Waals surface area contributed by atoms with E-state index in [9.17, 15) is 17.6 Å². The highest BCUT2D eigenvalue weighted by molar-refractivity contribution is 7.89. The van der Waals surface area contributed by atoms with Gasteiger partial charge in [0.05, 0.1) is 0 Å². The minimum atomic E-state index is -3.68. The summed E-state index contributed by atoms with van der Waals surface area (Å²) >= 11 is 0. The van der Waals surface area contributed by atoms with Crippen molar-refractivity contribution in [3.8, 4) is 0 Å². The molecule has 1 aromatic heterocycles. The van der Waals surface area contributed by atoms with Crippen LogP contribution in [0.25, 0.3) is 0 Å². The fourth-order valence-corrected chi connectivity index (χ4v) is 5.26. The molecule has 2 aromatic rings. The molecule has 2 heterocycles. The molecule has 1 saturated heterocycles. The monoisotopic (exact) mass is 409 g/mol. The lowest BCUT2D eigenvalue weighted by atomic mass is 9.97. The minimum absolute atomic E-state index is 0.0919. The number of halogens is 1. The van der Waals surface area contributed by atoms with Crippen molar-refractivity contribution in [1.29, 1.82) is 0 Å². The van der Waals surface area contributed by atoms with Gasteiger partial charge in [-0.3, -0.25) is 4.79 Å². The second kappa shape index (κ2) is 8.40. The zero-order chi connectivity index (χ0) is 20.3. The molecule has 1 amide bonds. The molecule has 0 saturated carbocycles. The Kier molecular flexibility index (Phi) is 6.14. The molecule has 28 heavy (non-hydrogen) atoms. The maximum atomic E-state index is 13.2. The van der Waals surface area contributed by atoms with Crippen molar-refractivity contribution in [2.45, 2.75) is 38.0 Å². The highest BCUT2D eigenvalue weighted by Crippen LogP contribution is 2.27. The third-order valence-corrected chi connectivity index (χ3v) is 7.14. The van der Waals surface area contributed by atoms with Gasteiger partial charge >= 0.3 is 0 Å². The van der Waals surface area contributed by atoms with Crippen molar-refractivity contribution in [3.63, 3.8) is 0 Å². The number of aromatic nitrogens is 1. The normalized spacial score (nSPS) is 16.2. The SMILES string of the molecule is Cc1noc(C)c1S(=O)(=O)N1CCC(C(=O)NCCc2cccc(F)c2)CC1. The molecule has 0 radical (unpaired) electrons. The quantitative estimate of drug-likeness (QED) is 0.790. The molecule has 152 valence electrons. The van der Waals surface area contributed by atoms with E-state index in [0.29, 0.717) is 31.5 Å². The Hall–Kier alpha value is -2.26. The molecule has 9 heteroatoms. The largest absolute Gasteiger partial charge is 0.360 e. The van der Waals surface area contributed by atoms with Crippen LogP contribution in [0.2, 0.25) is 0 Å². The van der Waals surface area contributed by atoms with Crippen LogP contribution in [0.15, 0.2) is 33.7 Å². The van der Waals surface area contributed by atoms with Gasteiger partial charge in [0.25, 0.3) is 0 Å². The Bertz CT molecular complexity index is 930. The molecule has 1 aliphatic rings. The average molecular weight is 409 g/mol. The molecule has 7 nitrogen and oxygen atoms in total. The molecule has 0 bridgehead atoms. The molecule has 0 atom stereocenters. The van der Waals surface area contributed by atoms with Crippen LogP contribution in [0, 0.1) is 25.6 Å². The lowest BCUT2D eigenvalue weighted by molar-refractivity contribution is -0.126. The van der Waals surface area contributed by atoms with Gasteiger partial charge in [-0.05, 0) is 50.8 Å². The maximum Gasteiger partial charge on any atom is 0.248 e. The summed E-state index contributed by atoms with van der Waals surface area (Å²) in [7, 11) is -3.68. The highest BCUT2D eigenvalue weighted by Gasteiger charge is 2.35. The van der Waals surface area contributed by atoms with E-state index < -0.39 is 10.0 Å². The fourth-order valence-electron chi connectivity index (χ4n) is 3.50. The molecule has 0 aliphatic carbocycles. The molecule has 3 rings (SSSR count). The molecule has 0 spiro atoms. The van der Waals surface area contributed by atoms with Crippen LogP contribution in [0.1, 0.15) is 29.9 Å². The van der Waals surface area contributed by atoms with E-state index in [-0.39, 0.29) is 41.4 Å². The van der Waals surface area contributed by atoms with Crippen molar-refractivity contribution in [2.75, 3.05) is 19.6 Å². The first-order chi connectivity index (χ1) is 13.3. The molecule has 1 fully saturated rings. The Balaban J connectivity index is 1.51.